The standard InChI is InChI=1S/C21H15NO4/c23-21(26-19-13-11-18(12-14-19)22(24)25)20(17-9-5-2-6-10-17)15-16-7-3-1-4-8-16/h1-15H/b20-15+. The lowest BCUT2D eigenvalue weighted by Gasteiger charge is -2.09. The van der Waals surface area contributed by atoms with Gasteiger partial charge in [0.2, 0.25) is 0 Å². The molecule has 0 unspecified atom stereocenters. The molecule has 0 aliphatic heterocycles. The summed E-state index contributed by atoms with van der Waals surface area (Å²) in [4.78, 5) is 22.9. The van der Waals surface area contributed by atoms with E-state index in [0.717, 1.165) is 11.1 Å². The second kappa shape index (κ2) is 7.90. The van der Waals surface area contributed by atoms with E-state index in [1.54, 1.807) is 6.08 Å². The smallest absolute Gasteiger partial charge is 0.344 e. The Morgan fingerprint density at radius 3 is 2.00 bits per heavy atom. The molecule has 0 heterocycles. The van der Waals surface area contributed by atoms with E-state index in [0.29, 0.717) is 5.57 Å². The third kappa shape index (κ3) is 4.21. The largest absolute Gasteiger partial charge is 0.423 e. The van der Waals surface area contributed by atoms with Crippen molar-refractivity contribution in [3.8, 4) is 5.75 Å². The first-order valence-electron chi connectivity index (χ1n) is 7.92. The molecule has 3 aromatic rings. The van der Waals surface area contributed by atoms with Gasteiger partial charge < -0.3 is 4.74 Å². The van der Waals surface area contributed by atoms with E-state index >= 15 is 0 Å². The molecule has 5 heteroatoms. The number of nitrogens with zero attached hydrogens (tertiary/aromatic N) is 1. The monoisotopic (exact) mass is 345 g/mol. The Bertz CT molecular complexity index is 933. The van der Waals surface area contributed by atoms with Crippen molar-refractivity contribution in [2.75, 3.05) is 0 Å². The number of nitro benzene ring substituents is 1. The molecule has 26 heavy (non-hydrogen) atoms. The van der Waals surface area contributed by atoms with Crippen molar-refractivity contribution in [1.29, 1.82) is 0 Å². The molecule has 0 spiro atoms. The number of carbonyl (C=O) groups excluding carboxylic acids is 1. The summed E-state index contributed by atoms with van der Waals surface area (Å²) < 4.78 is 5.41. The van der Waals surface area contributed by atoms with Gasteiger partial charge in [-0.05, 0) is 29.3 Å². The summed E-state index contributed by atoms with van der Waals surface area (Å²) in [5, 5.41) is 10.7. The van der Waals surface area contributed by atoms with Crippen LogP contribution in [0.15, 0.2) is 84.9 Å². The number of hydrogen-bond acceptors (Lipinski definition) is 4. The Labute approximate surface area is 150 Å². The van der Waals surface area contributed by atoms with Crippen LogP contribution in [0.1, 0.15) is 11.1 Å². The molecule has 0 aliphatic carbocycles. The Kier molecular flexibility index (Phi) is 5.19. The molecule has 3 rings (SSSR count). The molecule has 128 valence electrons. The molecular weight excluding hydrogens is 330 g/mol. The van der Waals surface area contributed by atoms with E-state index in [9.17, 15) is 14.9 Å². The van der Waals surface area contributed by atoms with Gasteiger partial charge in [-0.15, -0.1) is 0 Å². The SMILES string of the molecule is O=C(Oc1ccc([N+](=O)[O-])cc1)/C(=C/c1ccccc1)c1ccccc1. The predicted molar refractivity (Wildman–Crippen MR) is 99.5 cm³/mol. The minimum absolute atomic E-state index is 0.0621. The lowest BCUT2D eigenvalue weighted by atomic mass is 10.0. The minimum atomic E-state index is -0.533. The van der Waals surface area contributed by atoms with Crippen LogP contribution in [-0.4, -0.2) is 10.9 Å². The molecule has 0 aliphatic rings. The van der Waals surface area contributed by atoms with Crippen LogP contribution in [-0.2, 0) is 4.79 Å². The van der Waals surface area contributed by atoms with E-state index in [-0.39, 0.29) is 11.4 Å². The van der Waals surface area contributed by atoms with Crippen LogP contribution in [0.3, 0.4) is 0 Å². The summed E-state index contributed by atoms with van der Waals surface area (Å²) in [6.45, 7) is 0. The summed E-state index contributed by atoms with van der Waals surface area (Å²) in [7, 11) is 0. The highest BCUT2D eigenvalue weighted by Gasteiger charge is 2.15. The molecule has 0 saturated carbocycles. The van der Waals surface area contributed by atoms with Crippen LogP contribution >= 0.6 is 0 Å². The molecule has 0 fully saturated rings. The molecule has 3 aromatic carbocycles. The van der Waals surface area contributed by atoms with E-state index in [1.807, 2.05) is 60.7 Å². The fourth-order valence-electron chi connectivity index (χ4n) is 2.39. The number of hydrogen-bond donors (Lipinski definition) is 0. The molecule has 0 bridgehead atoms. The van der Waals surface area contributed by atoms with Crippen molar-refractivity contribution in [2.24, 2.45) is 0 Å². The molecule has 0 saturated heterocycles. The second-order valence-corrected chi connectivity index (χ2v) is 5.48. The van der Waals surface area contributed by atoms with Gasteiger partial charge in [-0.2, -0.15) is 0 Å². The van der Waals surface area contributed by atoms with E-state index in [4.69, 9.17) is 4.74 Å². The van der Waals surface area contributed by atoms with Crippen molar-refractivity contribution in [3.05, 3.63) is 106 Å². The first kappa shape index (κ1) is 17.1. The lowest BCUT2D eigenvalue weighted by Crippen LogP contribution is -2.10. The summed E-state index contributed by atoms with van der Waals surface area (Å²) in [6, 6.07) is 24.1. The van der Waals surface area contributed by atoms with Gasteiger partial charge in [-0.25, -0.2) is 4.79 Å². The summed E-state index contributed by atoms with van der Waals surface area (Å²) in [5.41, 5.74) is 1.93. The van der Waals surface area contributed by atoms with Gasteiger partial charge in [0.1, 0.15) is 5.75 Å². The molecule has 5 nitrogen and oxygen atoms in total. The molecule has 0 radical (unpaired) electrons. The summed E-state index contributed by atoms with van der Waals surface area (Å²) in [6.07, 6.45) is 1.75. The quantitative estimate of drug-likeness (QED) is 0.167. The first-order valence-corrected chi connectivity index (χ1v) is 7.92. The predicted octanol–water partition coefficient (Wildman–Crippen LogP) is 4.74. The van der Waals surface area contributed by atoms with Crippen molar-refractivity contribution >= 4 is 23.3 Å². The van der Waals surface area contributed by atoms with Crippen molar-refractivity contribution in [3.63, 3.8) is 0 Å². The normalized spacial score (nSPS) is 11.0. The Balaban J connectivity index is 1.90. The van der Waals surface area contributed by atoms with Gasteiger partial charge in [0, 0.05) is 12.1 Å². The van der Waals surface area contributed by atoms with Crippen LogP contribution in [0.2, 0.25) is 0 Å². The minimum Gasteiger partial charge on any atom is -0.423 e. The number of ether oxygens (including phenoxy) is 1. The van der Waals surface area contributed by atoms with Crippen LogP contribution < -0.4 is 4.74 Å². The van der Waals surface area contributed by atoms with Gasteiger partial charge in [0.05, 0.1) is 10.5 Å². The first-order chi connectivity index (χ1) is 12.6. The van der Waals surface area contributed by atoms with Crippen LogP contribution in [0.4, 0.5) is 5.69 Å². The lowest BCUT2D eigenvalue weighted by molar-refractivity contribution is -0.384. The molecule has 0 aromatic heterocycles. The van der Waals surface area contributed by atoms with Crippen LogP contribution in [0.5, 0.6) is 5.75 Å². The van der Waals surface area contributed by atoms with Gasteiger partial charge >= 0.3 is 5.97 Å². The average molecular weight is 345 g/mol. The van der Waals surface area contributed by atoms with Gasteiger partial charge in [-0.1, -0.05) is 60.7 Å². The maximum atomic E-state index is 12.7. The number of esters is 1. The summed E-state index contributed by atoms with van der Waals surface area (Å²) >= 11 is 0. The number of rotatable bonds is 5. The third-order valence-corrected chi connectivity index (χ3v) is 3.67. The number of benzene rings is 3. The molecular formula is C21H15NO4. The van der Waals surface area contributed by atoms with Gasteiger partial charge in [-0.3, -0.25) is 10.1 Å². The zero-order chi connectivity index (χ0) is 18.4. The van der Waals surface area contributed by atoms with Crippen molar-refractivity contribution < 1.29 is 14.5 Å². The Morgan fingerprint density at radius 2 is 1.42 bits per heavy atom. The Morgan fingerprint density at radius 1 is 0.846 bits per heavy atom. The zero-order valence-corrected chi connectivity index (χ0v) is 13.7. The topological polar surface area (TPSA) is 69.4 Å². The number of nitro groups is 1. The number of non-ortho nitro benzene ring substituents is 1. The highest BCUT2D eigenvalue weighted by molar-refractivity contribution is 6.22. The molecule has 0 amide bonds. The Hall–Kier alpha value is -3.73. The molecule has 0 N–H and O–H groups in total. The fourth-order valence-corrected chi connectivity index (χ4v) is 2.39. The second-order valence-electron chi connectivity index (χ2n) is 5.48. The average Bonchev–Trinajstić information content (AvgIpc) is 2.68. The third-order valence-electron chi connectivity index (χ3n) is 3.67. The van der Waals surface area contributed by atoms with Crippen molar-refractivity contribution in [2.45, 2.75) is 0 Å². The van der Waals surface area contributed by atoms with E-state index in [1.165, 1.54) is 24.3 Å². The number of carbonyl (C=O) groups is 1. The maximum Gasteiger partial charge on any atom is 0.344 e. The fraction of sp³-hybridized carbons (Fsp3) is 0. The molecule has 0 atom stereocenters. The maximum absolute atomic E-state index is 12.7. The van der Waals surface area contributed by atoms with E-state index in [2.05, 4.69) is 0 Å². The highest BCUT2D eigenvalue weighted by Crippen LogP contribution is 2.23. The van der Waals surface area contributed by atoms with Crippen molar-refractivity contribution in [1.82, 2.24) is 0 Å². The van der Waals surface area contributed by atoms with Crippen LogP contribution in [0, 0.1) is 10.1 Å². The van der Waals surface area contributed by atoms with Gasteiger partial charge in [0.15, 0.2) is 0 Å². The van der Waals surface area contributed by atoms with Gasteiger partial charge in [0.25, 0.3) is 5.69 Å². The zero-order valence-electron chi connectivity index (χ0n) is 13.7. The van der Waals surface area contributed by atoms with E-state index < -0.39 is 10.9 Å². The highest BCUT2D eigenvalue weighted by atomic mass is 16.6. The summed E-state index contributed by atoms with van der Waals surface area (Å²) in [5.74, 6) is -0.288. The van der Waals surface area contributed by atoms with Crippen LogP contribution in [0.25, 0.3) is 11.6 Å².